The Balaban J connectivity index is 2.48. The fourth-order valence-electron chi connectivity index (χ4n) is 2.78. The monoisotopic (exact) mass is 270 g/mol. The van der Waals surface area contributed by atoms with Crippen LogP contribution >= 0.6 is 0 Å². The zero-order valence-electron chi connectivity index (χ0n) is 11.9. The van der Waals surface area contributed by atoms with Crippen LogP contribution in [-0.2, 0) is 9.59 Å². The van der Waals surface area contributed by atoms with Gasteiger partial charge in [0.15, 0.2) is 0 Å². The summed E-state index contributed by atoms with van der Waals surface area (Å²) in [4.78, 5) is 23.2. The van der Waals surface area contributed by atoms with E-state index in [0.717, 1.165) is 32.2 Å². The van der Waals surface area contributed by atoms with Crippen molar-refractivity contribution in [2.45, 2.75) is 64.5 Å². The first kappa shape index (κ1) is 16.0. The van der Waals surface area contributed by atoms with E-state index < -0.39 is 12.0 Å². The second-order valence-corrected chi connectivity index (χ2v) is 5.44. The molecule has 1 saturated carbocycles. The van der Waals surface area contributed by atoms with Crippen molar-refractivity contribution in [2.75, 3.05) is 6.54 Å². The van der Waals surface area contributed by atoms with Gasteiger partial charge < -0.3 is 15.7 Å². The summed E-state index contributed by atoms with van der Waals surface area (Å²) in [6.07, 6.45) is 5.44. The van der Waals surface area contributed by atoms with Crippen LogP contribution in [0.15, 0.2) is 0 Å². The van der Waals surface area contributed by atoms with Crippen molar-refractivity contribution in [1.29, 1.82) is 0 Å². The van der Waals surface area contributed by atoms with Crippen LogP contribution in [0.2, 0.25) is 0 Å². The molecule has 0 aromatic carbocycles. The van der Waals surface area contributed by atoms with Crippen LogP contribution in [-0.4, -0.2) is 35.6 Å². The van der Waals surface area contributed by atoms with Crippen LogP contribution in [0.4, 0.5) is 0 Å². The minimum absolute atomic E-state index is 0.0748. The maximum absolute atomic E-state index is 11.9. The van der Waals surface area contributed by atoms with Crippen molar-refractivity contribution >= 4 is 11.9 Å². The molecule has 0 spiro atoms. The van der Waals surface area contributed by atoms with Crippen LogP contribution < -0.4 is 10.6 Å². The predicted octanol–water partition coefficient (Wildman–Crippen LogP) is 1.52. The molecule has 1 aliphatic rings. The lowest BCUT2D eigenvalue weighted by Crippen LogP contribution is -2.47. The van der Waals surface area contributed by atoms with E-state index >= 15 is 0 Å². The Hall–Kier alpha value is -1.10. The molecular formula is C14H26N2O3. The van der Waals surface area contributed by atoms with Gasteiger partial charge >= 0.3 is 5.97 Å². The van der Waals surface area contributed by atoms with E-state index in [4.69, 9.17) is 0 Å². The van der Waals surface area contributed by atoms with Crippen molar-refractivity contribution in [3.05, 3.63) is 0 Å². The second-order valence-electron chi connectivity index (χ2n) is 5.44. The molecule has 0 aliphatic heterocycles. The molecule has 2 unspecified atom stereocenters. The molecule has 5 nitrogen and oxygen atoms in total. The number of carbonyl (C=O) groups is 2. The third kappa shape index (κ3) is 5.59. The average molecular weight is 270 g/mol. The summed E-state index contributed by atoms with van der Waals surface area (Å²) in [5.74, 6) is -0.993. The Kier molecular flexibility index (Phi) is 6.84. The first-order valence-electron chi connectivity index (χ1n) is 7.30. The molecule has 19 heavy (non-hydrogen) atoms. The minimum atomic E-state index is -0.906. The van der Waals surface area contributed by atoms with Gasteiger partial charge in [-0.2, -0.15) is 0 Å². The highest BCUT2D eigenvalue weighted by Crippen LogP contribution is 2.26. The Labute approximate surface area is 115 Å². The molecule has 0 aromatic rings. The van der Waals surface area contributed by atoms with Gasteiger partial charge in [0, 0.05) is 12.5 Å². The van der Waals surface area contributed by atoms with Crippen LogP contribution in [0, 0.1) is 5.92 Å². The normalized spacial score (nSPS) is 19.7. The molecular weight excluding hydrogens is 244 g/mol. The summed E-state index contributed by atoms with van der Waals surface area (Å²) in [5.41, 5.74) is 0. The lowest BCUT2D eigenvalue weighted by molar-refractivity contribution is -0.144. The van der Waals surface area contributed by atoms with Crippen molar-refractivity contribution in [2.24, 2.45) is 5.92 Å². The Bertz CT molecular complexity index is 301. The molecule has 1 aliphatic carbocycles. The van der Waals surface area contributed by atoms with E-state index in [1.807, 2.05) is 13.8 Å². The Morgan fingerprint density at radius 1 is 1.26 bits per heavy atom. The third-order valence-electron chi connectivity index (χ3n) is 3.75. The summed E-state index contributed by atoms with van der Waals surface area (Å²) in [6.45, 7) is 4.72. The SMILES string of the molecule is CCNC(C)CC(=O)NC(C(=O)O)C1CCCCC1. The number of carboxylic acid groups (broad SMARTS) is 1. The highest BCUT2D eigenvalue weighted by atomic mass is 16.4. The number of carbonyl (C=O) groups excluding carboxylic acids is 1. The molecule has 3 N–H and O–H groups in total. The lowest BCUT2D eigenvalue weighted by Gasteiger charge is -2.28. The smallest absolute Gasteiger partial charge is 0.326 e. The molecule has 2 atom stereocenters. The first-order valence-corrected chi connectivity index (χ1v) is 7.30. The second kappa shape index (κ2) is 8.15. The summed E-state index contributed by atoms with van der Waals surface area (Å²) < 4.78 is 0. The van der Waals surface area contributed by atoms with Gasteiger partial charge in [-0.05, 0) is 32.2 Å². The van der Waals surface area contributed by atoms with Gasteiger partial charge in [0.05, 0.1) is 0 Å². The van der Waals surface area contributed by atoms with E-state index in [1.54, 1.807) is 0 Å². The number of aliphatic carboxylic acids is 1. The molecule has 5 heteroatoms. The summed E-state index contributed by atoms with van der Waals surface area (Å²) in [7, 11) is 0. The van der Waals surface area contributed by atoms with Crippen molar-refractivity contribution in [1.82, 2.24) is 10.6 Å². The standard InChI is InChI=1S/C14H26N2O3/c1-3-15-10(2)9-12(17)16-13(14(18)19)11-7-5-4-6-8-11/h10-11,13,15H,3-9H2,1-2H3,(H,16,17)(H,18,19). The maximum atomic E-state index is 11.9. The fourth-order valence-corrected chi connectivity index (χ4v) is 2.78. The van der Waals surface area contributed by atoms with Crippen LogP contribution in [0.5, 0.6) is 0 Å². The Morgan fingerprint density at radius 2 is 1.89 bits per heavy atom. The summed E-state index contributed by atoms with van der Waals surface area (Å²) >= 11 is 0. The van der Waals surface area contributed by atoms with Gasteiger partial charge in [-0.15, -0.1) is 0 Å². The van der Waals surface area contributed by atoms with Gasteiger partial charge in [-0.1, -0.05) is 26.2 Å². The lowest BCUT2D eigenvalue weighted by atomic mass is 9.84. The van der Waals surface area contributed by atoms with E-state index in [-0.39, 0.29) is 17.9 Å². The number of carboxylic acids is 1. The molecule has 0 heterocycles. The maximum Gasteiger partial charge on any atom is 0.326 e. The zero-order chi connectivity index (χ0) is 14.3. The quantitative estimate of drug-likeness (QED) is 0.655. The van der Waals surface area contributed by atoms with E-state index in [1.165, 1.54) is 6.42 Å². The van der Waals surface area contributed by atoms with Crippen LogP contribution in [0.1, 0.15) is 52.4 Å². The average Bonchev–Trinajstić information content (AvgIpc) is 2.37. The van der Waals surface area contributed by atoms with Crippen molar-refractivity contribution in [3.8, 4) is 0 Å². The Morgan fingerprint density at radius 3 is 2.42 bits per heavy atom. The molecule has 0 saturated heterocycles. The molecule has 0 bridgehead atoms. The van der Waals surface area contributed by atoms with Crippen molar-refractivity contribution < 1.29 is 14.7 Å². The summed E-state index contributed by atoms with van der Waals surface area (Å²) in [5, 5.41) is 15.1. The van der Waals surface area contributed by atoms with E-state index in [2.05, 4.69) is 10.6 Å². The molecule has 1 fully saturated rings. The number of rotatable bonds is 7. The van der Waals surface area contributed by atoms with E-state index in [9.17, 15) is 14.7 Å². The van der Waals surface area contributed by atoms with Gasteiger partial charge in [0.25, 0.3) is 0 Å². The molecule has 110 valence electrons. The molecule has 1 amide bonds. The highest BCUT2D eigenvalue weighted by molar-refractivity contribution is 5.84. The minimum Gasteiger partial charge on any atom is -0.480 e. The van der Waals surface area contributed by atoms with E-state index in [0.29, 0.717) is 6.42 Å². The zero-order valence-corrected chi connectivity index (χ0v) is 11.9. The molecule has 0 radical (unpaired) electrons. The van der Waals surface area contributed by atoms with Crippen molar-refractivity contribution in [3.63, 3.8) is 0 Å². The fraction of sp³-hybridized carbons (Fsp3) is 0.857. The predicted molar refractivity (Wildman–Crippen MR) is 73.9 cm³/mol. The van der Waals surface area contributed by atoms with Gasteiger partial charge in [0.2, 0.25) is 5.91 Å². The van der Waals surface area contributed by atoms with Gasteiger partial charge in [0.1, 0.15) is 6.04 Å². The van der Waals surface area contributed by atoms with Gasteiger partial charge in [-0.25, -0.2) is 4.79 Å². The largest absolute Gasteiger partial charge is 0.480 e. The first-order chi connectivity index (χ1) is 9.04. The summed E-state index contributed by atoms with van der Waals surface area (Å²) in [6, 6.07) is -0.646. The topological polar surface area (TPSA) is 78.4 Å². The number of amides is 1. The highest BCUT2D eigenvalue weighted by Gasteiger charge is 2.30. The van der Waals surface area contributed by atoms with Gasteiger partial charge in [-0.3, -0.25) is 4.79 Å². The third-order valence-corrected chi connectivity index (χ3v) is 3.75. The number of nitrogens with one attached hydrogen (secondary N) is 2. The van der Waals surface area contributed by atoms with Crippen LogP contribution in [0.3, 0.4) is 0 Å². The number of hydrogen-bond acceptors (Lipinski definition) is 3. The molecule has 0 aromatic heterocycles. The number of hydrogen-bond donors (Lipinski definition) is 3. The molecule has 1 rings (SSSR count). The van der Waals surface area contributed by atoms with Crippen LogP contribution in [0.25, 0.3) is 0 Å².